The molecule has 0 radical (unpaired) electrons. The zero-order chi connectivity index (χ0) is 19.8. The van der Waals surface area contributed by atoms with Crippen molar-refractivity contribution < 1.29 is 18.0 Å². The maximum absolute atomic E-state index is 13.2. The first-order valence-corrected chi connectivity index (χ1v) is 8.51. The third-order valence-electron chi connectivity index (χ3n) is 4.27. The summed E-state index contributed by atoms with van der Waals surface area (Å²) in [4.78, 5) is 16.6. The average molecular weight is 376 g/mol. The van der Waals surface area contributed by atoms with Crippen molar-refractivity contribution in [2.24, 2.45) is 0 Å². The molecule has 0 aliphatic heterocycles. The van der Waals surface area contributed by atoms with Crippen molar-refractivity contribution in [1.82, 2.24) is 19.9 Å². The van der Waals surface area contributed by atoms with Gasteiger partial charge in [-0.3, -0.25) is 4.79 Å². The lowest BCUT2D eigenvalue weighted by Crippen LogP contribution is -2.28. The van der Waals surface area contributed by atoms with E-state index in [1.54, 1.807) is 0 Å². The largest absolute Gasteiger partial charge is 0.433 e. The van der Waals surface area contributed by atoms with Gasteiger partial charge in [-0.1, -0.05) is 36.8 Å². The number of aromatic nitrogens is 3. The van der Waals surface area contributed by atoms with E-state index in [4.69, 9.17) is 0 Å². The van der Waals surface area contributed by atoms with Crippen molar-refractivity contribution >= 4 is 11.6 Å². The first kappa shape index (κ1) is 18.9. The Morgan fingerprint density at radius 3 is 2.44 bits per heavy atom. The van der Waals surface area contributed by atoms with Gasteiger partial charge in [-0.2, -0.15) is 18.3 Å². The van der Waals surface area contributed by atoms with Crippen molar-refractivity contribution in [3.05, 3.63) is 64.6 Å². The Balaban J connectivity index is 1.92. The molecule has 27 heavy (non-hydrogen) atoms. The number of alkyl halides is 3. The van der Waals surface area contributed by atoms with Crippen molar-refractivity contribution in [1.29, 1.82) is 0 Å². The zero-order valence-corrected chi connectivity index (χ0v) is 15.1. The van der Waals surface area contributed by atoms with E-state index in [9.17, 15) is 18.0 Å². The Morgan fingerprint density at radius 2 is 1.85 bits per heavy atom. The zero-order valence-electron chi connectivity index (χ0n) is 15.1. The van der Waals surface area contributed by atoms with Crippen LogP contribution in [0.5, 0.6) is 0 Å². The molecule has 0 saturated carbocycles. The highest BCUT2D eigenvalue weighted by atomic mass is 19.4. The SMILES string of the molecule is CCC(NC(=O)c1cc2nc(C)cc(C(F)(F)F)n2n1)c1ccc(C)cc1. The second kappa shape index (κ2) is 7.02. The van der Waals surface area contributed by atoms with Gasteiger partial charge in [-0.25, -0.2) is 9.50 Å². The van der Waals surface area contributed by atoms with Gasteiger partial charge in [0, 0.05) is 11.8 Å². The number of nitrogens with one attached hydrogen (secondary N) is 1. The fraction of sp³-hybridized carbons (Fsp3) is 0.316. The maximum Gasteiger partial charge on any atom is 0.433 e. The van der Waals surface area contributed by atoms with Crippen LogP contribution in [0.4, 0.5) is 13.2 Å². The van der Waals surface area contributed by atoms with Crippen LogP contribution in [-0.4, -0.2) is 20.5 Å². The Morgan fingerprint density at radius 1 is 1.19 bits per heavy atom. The molecular formula is C19H19F3N4O. The number of nitrogens with zero attached hydrogens (tertiary/aromatic N) is 3. The number of rotatable bonds is 4. The van der Waals surface area contributed by atoms with Gasteiger partial charge in [0.1, 0.15) is 5.69 Å². The Hall–Kier alpha value is -2.90. The van der Waals surface area contributed by atoms with Crippen LogP contribution in [0.3, 0.4) is 0 Å². The molecule has 3 rings (SSSR count). The highest BCUT2D eigenvalue weighted by Crippen LogP contribution is 2.30. The van der Waals surface area contributed by atoms with E-state index in [-0.39, 0.29) is 23.1 Å². The fourth-order valence-corrected chi connectivity index (χ4v) is 2.87. The van der Waals surface area contributed by atoms with Gasteiger partial charge in [-0.05, 0) is 31.9 Å². The molecule has 1 amide bonds. The van der Waals surface area contributed by atoms with Crippen LogP contribution in [-0.2, 0) is 6.18 Å². The number of amides is 1. The van der Waals surface area contributed by atoms with Crippen LogP contribution >= 0.6 is 0 Å². The molecule has 0 fully saturated rings. The molecule has 2 heterocycles. The lowest BCUT2D eigenvalue weighted by molar-refractivity contribution is -0.142. The molecule has 0 spiro atoms. The molecule has 1 atom stereocenters. The van der Waals surface area contributed by atoms with Crippen molar-refractivity contribution in [2.75, 3.05) is 0 Å². The minimum absolute atomic E-state index is 0.0177. The predicted octanol–water partition coefficient (Wildman–Crippen LogP) is 4.25. The maximum atomic E-state index is 13.2. The molecule has 142 valence electrons. The van der Waals surface area contributed by atoms with E-state index >= 15 is 0 Å². The van der Waals surface area contributed by atoms with Crippen molar-refractivity contribution in [3.63, 3.8) is 0 Å². The molecule has 1 unspecified atom stereocenters. The number of aryl methyl sites for hydroxylation is 2. The monoisotopic (exact) mass is 376 g/mol. The van der Waals surface area contributed by atoms with Crippen LogP contribution < -0.4 is 5.32 Å². The molecular weight excluding hydrogens is 357 g/mol. The van der Waals surface area contributed by atoms with Gasteiger partial charge in [0.15, 0.2) is 11.3 Å². The van der Waals surface area contributed by atoms with Crippen LogP contribution in [0.2, 0.25) is 0 Å². The van der Waals surface area contributed by atoms with E-state index in [1.165, 1.54) is 13.0 Å². The summed E-state index contributed by atoms with van der Waals surface area (Å²) in [5.74, 6) is -0.543. The number of benzene rings is 1. The predicted molar refractivity (Wildman–Crippen MR) is 94.4 cm³/mol. The summed E-state index contributed by atoms with van der Waals surface area (Å²) in [5.41, 5.74) is 1.13. The average Bonchev–Trinajstić information content (AvgIpc) is 3.02. The Bertz CT molecular complexity index is 977. The highest BCUT2D eigenvalue weighted by molar-refractivity contribution is 5.93. The van der Waals surface area contributed by atoms with Crippen LogP contribution in [0.1, 0.15) is 52.4 Å². The van der Waals surface area contributed by atoms with Crippen LogP contribution in [0.15, 0.2) is 36.4 Å². The Kier molecular flexibility index (Phi) is 4.91. The quantitative estimate of drug-likeness (QED) is 0.741. The third kappa shape index (κ3) is 3.94. The molecule has 2 aromatic heterocycles. The van der Waals surface area contributed by atoms with Gasteiger partial charge >= 0.3 is 6.18 Å². The van der Waals surface area contributed by atoms with E-state index in [0.29, 0.717) is 10.9 Å². The molecule has 1 aromatic carbocycles. The number of hydrogen-bond donors (Lipinski definition) is 1. The van der Waals surface area contributed by atoms with Gasteiger partial charge in [0.05, 0.1) is 6.04 Å². The normalized spacial score (nSPS) is 13.0. The van der Waals surface area contributed by atoms with E-state index in [0.717, 1.165) is 17.2 Å². The van der Waals surface area contributed by atoms with Gasteiger partial charge < -0.3 is 5.32 Å². The molecule has 0 bridgehead atoms. The molecule has 0 aliphatic rings. The first-order chi connectivity index (χ1) is 12.7. The summed E-state index contributed by atoms with van der Waals surface area (Å²) in [7, 11) is 0. The lowest BCUT2D eigenvalue weighted by Gasteiger charge is -2.17. The van der Waals surface area contributed by atoms with Crippen LogP contribution in [0.25, 0.3) is 5.65 Å². The number of carbonyl (C=O) groups excluding carboxylic acids is 1. The van der Waals surface area contributed by atoms with E-state index in [2.05, 4.69) is 15.4 Å². The summed E-state index contributed by atoms with van der Waals surface area (Å²) >= 11 is 0. The molecule has 5 nitrogen and oxygen atoms in total. The number of hydrogen-bond acceptors (Lipinski definition) is 3. The molecule has 1 N–H and O–H groups in total. The minimum Gasteiger partial charge on any atom is -0.344 e. The summed E-state index contributed by atoms with van der Waals surface area (Å²) in [5, 5.41) is 6.67. The van der Waals surface area contributed by atoms with Crippen molar-refractivity contribution in [2.45, 2.75) is 39.4 Å². The summed E-state index contributed by atoms with van der Waals surface area (Å²) in [6.07, 6.45) is -3.97. The topological polar surface area (TPSA) is 59.3 Å². The molecule has 3 aromatic rings. The van der Waals surface area contributed by atoms with Gasteiger partial charge in [0.2, 0.25) is 0 Å². The lowest BCUT2D eigenvalue weighted by atomic mass is 10.0. The smallest absolute Gasteiger partial charge is 0.344 e. The first-order valence-electron chi connectivity index (χ1n) is 8.51. The molecule has 8 heteroatoms. The molecule has 0 saturated heterocycles. The highest BCUT2D eigenvalue weighted by Gasteiger charge is 2.35. The van der Waals surface area contributed by atoms with Gasteiger partial charge in [-0.15, -0.1) is 0 Å². The van der Waals surface area contributed by atoms with Crippen LogP contribution in [0, 0.1) is 13.8 Å². The Labute approximate surface area is 154 Å². The number of carbonyl (C=O) groups is 1. The number of halogens is 3. The summed E-state index contributed by atoms with van der Waals surface area (Å²) in [6.45, 7) is 5.35. The van der Waals surface area contributed by atoms with E-state index < -0.39 is 17.8 Å². The fourth-order valence-electron chi connectivity index (χ4n) is 2.87. The number of fused-ring (bicyclic) bond motifs is 1. The summed E-state index contributed by atoms with van der Waals surface area (Å²) < 4.78 is 40.4. The standard InChI is InChI=1S/C19H19F3N4O/c1-4-14(13-7-5-11(2)6-8-13)24-18(27)15-10-17-23-12(3)9-16(19(20,21)22)26(17)25-15/h5-10,14H,4H2,1-3H3,(H,24,27). The molecule has 0 aliphatic carbocycles. The second-order valence-corrected chi connectivity index (χ2v) is 6.43. The summed E-state index contributed by atoms with van der Waals surface area (Å²) in [6, 6.07) is 9.62. The van der Waals surface area contributed by atoms with E-state index in [1.807, 2.05) is 38.1 Å². The minimum atomic E-state index is -4.60. The second-order valence-electron chi connectivity index (χ2n) is 6.43. The third-order valence-corrected chi connectivity index (χ3v) is 4.27. The van der Waals surface area contributed by atoms with Crippen molar-refractivity contribution in [3.8, 4) is 0 Å². The van der Waals surface area contributed by atoms with Gasteiger partial charge in [0.25, 0.3) is 5.91 Å².